The quantitative estimate of drug-likeness (QED) is 0.463. The van der Waals surface area contributed by atoms with Gasteiger partial charge in [-0.25, -0.2) is 14.6 Å². The molecule has 0 aliphatic rings. The first-order chi connectivity index (χ1) is 15.0. The topological polar surface area (TPSA) is 91.7 Å². The molecule has 0 fully saturated rings. The van der Waals surface area contributed by atoms with Gasteiger partial charge in [-0.2, -0.15) is 0 Å². The number of imidazole rings is 1. The maximum absolute atomic E-state index is 12.2. The summed E-state index contributed by atoms with van der Waals surface area (Å²) >= 11 is 0. The molecule has 2 aromatic carbocycles. The summed E-state index contributed by atoms with van der Waals surface area (Å²) in [5.41, 5.74) is 3.05. The maximum atomic E-state index is 12.2. The van der Waals surface area contributed by atoms with E-state index in [0.29, 0.717) is 11.3 Å². The van der Waals surface area contributed by atoms with Crippen LogP contribution in [0.1, 0.15) is 16.8 Å². The molecular formula is C23H23N3O5. The van der Waals surface area contributed by atoms with Crippen LogP contribution in [0, 0.1) is 6.92 Å². The highest BCUT2D eigenvalue weighted by atomic mass is 16.6. The number of rotatable bonds is 7. The average Bonchev–Trinajstić information content (AvgIpc) is 3.23. The normalized spacial score (nSPS) is 11.0. The molecule has 1 amide bonds. The fraction of sp³-hybridized carbons (Fsp3) is 0.174. The van der Waals surface area contributed by atoms with E-state index in [1.54, 1.807) is 25.6 Å². The van der Waals surface area contributed by atoms with Crippen LogP contribution in [0.2, 0.25) is 0 Å². The molecule has 1 N–H and O–H groups in total. The van der Waals surface area contributed by atoms with Gasteiger partial charge in [0.15, 0.2) is 0 Å². The van der Waals surface area contributed by atoms with E-state index in [9.17, 15) is 9.59 Å². The molecule has 0 saturated heterocycles. The maximum Gasteiger partial charge on any atom is 0.412 e. The lowest BCUT2D eigenvalue weighted by molar-refractivity contribution is -0.136. The second-order valence-electron chi connectivity index (χ2n) is 6.59. The molecule has 0 saturated carbocycles. The molecule has 160 valence electrons. The van der Waals surface area contributed by atoms with Gasteiger partial charge >= 0.3 is 12.1 Å². The molecule has 0 aliphatic carbocycles. The zero-order valence-corrected chi connectivity index (χ0v) is 17.5. The molecule has 31 heavy (non-hydrogen) atoms. The molecule has 0 radical (unpaired) electrons. The monoisotopic (exact) mass is 421 g/mol. The van der Waals surface area contributed by atoms with Crippen molar-refractivity contribution in [2.75, 3.05) is 14.2 Å². The highest BCUT2D eigenvalue weighted by Crippen LogP contribution is 2.25. The van der Waals surface area contributed by atoms with Gasteiger partial charge in [-0.05, 0) is 36.3 Å². The van der Waals surface area contributed by atoms with Crippen LogP contribution in [0.5, 0.6) is 5.75 Å². The van der Waals surface area contributed by atoms with Gasteiger partial charge in [-0.15, -0.1) is 0 Å². The minimum absolute atomic E-state index is 0.0613. The molecular weight excluding hydrogens is 398 g/mol. The van der Waals surface area contributed by atoms with E-state index in [-0.39, 0.29) is 12.3 Å². The van der Waals surface area contributed by atoms with Crippen molar-refractivity contribution in [3.05, 3.63) is 83.6 Å². The first-order valence-corrected chi connectivity index (χ1v) is 9.47. The van der Waals surface area contributed by atoms with E-state index in [1.807, 2.05) is 54.1 Å². The molecule has 1 heterocycles. The van der Waals surface area contributed by atoms with Crippen LogP contribution in [0.4, 0.5) is 4.79 Å². The van der Waals surface area contributed by atoms with Crippen LogP contribution in [0.25, 0.3) is 11.8 Å². The van der Waals surface area contributed by atoms with Crippen molar-refractivity contribution in [1.29, 1.82) is 0 Å². The van der Waals surface area contributed by atoms with Crippen LogP contribution >= 0.6 is 0 Å². The van der Waals surface area contributed by atoms with Crippen molar-refractivity contribution in [2.24, 2.45) is 0 Å². The molecule has 1 aromatic heterocycles. The number of alkyl carbamates (subject to hydrolysis) is 1. The molecule has 0 bridgehead atoms. The minimum Gasteiger partial charge on any atom is -0.495 e. The zero-order chi connectivity index (χ0) is 22.2. The van der Waals surface area contributed by atoms with E-state index in [4.69, 9.17) is 14.2 Å². The number of hydrogen-bond donors (Lipinski definition) is 1. The van der Waals surface area contributed by atoms with Crippen molar-refractivity contribution in [2.45, 2.75) is 13.5 Å². The van der Waals surface area contributed by atoms with E-state index < -0.39 is 12.1 Å². The van der Waals surface area contributed by atoms with Crippen molar-refractivity contribution >= 4 is 18.1 Å². The van der Waals surface area contributed by atoms with Crippen LogP contribution in [-0.4, -0.2) is 35.8 Å². The Balaban J connectivity index is 1.79. The molecule has 0 atom stereocenters. The number of aromatic nitrogens is 2. The standard InChI is InChI=1S/C23H23N3O5/c1-16-13-26(15-24-16)20-10-9-18(12-21(20)29-2)11-19(22(27)30-3)25-23(28)31-14-17-7-5-4-6-8-17/h4-13,15H,14H2,1-3H3,(H,25,28)/b19-11-. The molecule has 3 rings (SSSR count). The SMILES string of the molecule is COC(=O)/C(=C/c1ccc(-n2cnc(C)c2)c(OC)c1)NC(=O)OCc1ccccc1. The second kappa shape index (κ2) is 10.1. The number of nitrogens with zero attached hydrogens (tertiary/aromatic N) is 2. The third-order valence-corrected chi connectivity index (χ3v) is 4.36. The minimum atomic E-state index is -0.766. The van der Waals surface area contributed by atoms with E-state index in [1.165, 1.54) is 13.2 Å². The summed E-state index contributed by atoms with van der Waals surface area (Å²) in [4.78, 5) is 28.6. The van der Waals surface area contributed by atoms with Gasteiger partial charge in [-0.3, -0.25) is 5.32 Å². The number of methoxy groups -OCH3 is 2. The Hall–Kier alpha value is -4.07. The fourth-order valence-corrected chi connectivity index (χ4v) is 2.84. The van der Waals surface area contributed by atoms with Gasteiger partial charge < -0.3 is 18.8 Å². The van der Waals surface area contributed by atoms with Gasteiger partial charge in [0.25, 0.3) is 0 Å². The predicted molar refractivity (Wildman–Crippen MR) is 115 cm³/mol. The molecule has 0 aliphatic heterocycles. The number of esters is 1. The Kier molecular flexibility index (Phi) is 7.05. The van der Waals surface area contributed by atoms with Crippen LogP contribution in [0.15, 0.2) is 66.8 Å². The summed E-state index contributed by atoms with van der Waals surface area (Å²) in [6.45, 7) is 1.97. The van der Waals surface area contributed by atoms with Crippen molar-refractivity contribution < 1.29 is 23.8 Å². The fourth-order valence-electron chi connectivity index (χ4n) is 2.84. The first kappa shape index (κ1) is 21.6. The van der Waals surface area contributed by atoms with E-state index >= 15 is 0 Å². The van der Waals surface area contributed by atoms with Crippen molar-refractivity contribution in [1.82, 2.24) is 14.9 Å². The second-order valence-corrected chi connectivity index (χ2v) is 6.59. The van der Waals surface area contributed by atoms with Crippen LogP contribution in [0.3, 0.4) is 0 Å². The molecule has 3 aromatic rings. The number of ether oxygens (including phenoxy) is 3. The van der Waals surface area contributed by atoms with Gasteiger partial charge in [0.05, 0.1) is 31.9 Å². The molecule has 8 heteroatoms. The van der Waals surface area contributed by atoms with Crippen molar-refractivity contribution in [3.8, 4) is 11.4 Å². The summed E-state index contributed by atoms with van der Waals surface area (Å²) in [5, 5.41) is 2.44. The van der Waals surface area contributed by atoms with E-state index in [2.05, 4.69) is 10.3 Å². The number of aryl methyl sites for hydroxylation is 1. The number of nitrogens with one attached hydrogen (secondary N) is 1. The Bertz CT molecular complexity index is 1090. The Morgan fingerprint density at radius 1 is 1.13 bits per heavy atom. The number of carbonyl (C=O) groups is 2. The average molecular weight is 421 g/mol. The van der Waals surface area contributed by atoms with Crippen LogP contribution in [-0.2, 0) is 20.9 Å². The Labute approximate surface area is 180 Å². The largest absolute Gasteiger partial charge is 0.495 e. The zero-order valence-electron chi connectivity index (χ0n) is 17.5. The number of benzene rings is 2. The number of amides is 1. The highest BCUT2D eigenvalue weighted by molar-refractivity contribution is 5.96. The summed E-state index contributed by atoms with van der Waals surface area (Å²) in [6.07, 6.45) is 4.28. The number of carbonyl (C=O) groups excluding carboxylic acids is 2. The lowest BCUT2D eigenvalue weighted by atomic mass is 10.1. The summed E-state index contributed by atoms with van der Waals surface area (Å²) in [5.74, 6) is -0.132. The summed E-state index contributed by atoms with van der Waals surface area (Å²) < 4.78 is 17.3. The van der Waals surface area contributed by atoms with Gasteiger partial charge in [0.1, 0.15) is 18.1 Å². The van der Waals surface area contributed by atoms with Gasteiger partial charge in [-0.1, -0.05) is 36.4 Å². The van der Waals surface area contributed by atoms with Crippen LogP contribution < -0.4 is 10.1 Å². The predicted octanol–water partition coefficient (Wildman–Crippen LogP) is 3.63. The smallest absolute Gasteiger partial charge is 0.412 e. The molecule has 8 nitrogen and oxygen atoms in total. The first-order valence-electron chi connectivity index (χ1n) is 9.47. The van der Waals surface area contributed by atoms with Gasteiger partial charge in [0.2, 0.25) is 0 Å². The third-order valence-electron chi connectivity index (χ3n) is 4.36. The molecule has 0 unspecified atom stereocenters. The van der Waals surface area contributed by atoms with Gasteiger partial charge in [0, 0.05) is 6.20 Å². The summed E-state index contributed by atoms with van der Waals surface area (Å²) in [7, 11) is 2.79. The Morgan fingerprint density at radius 3 is 2.55 bits per heavy atom. The highest BCUT2D eigenvalue weighted by Gasteiger charge is 2.15. The van der Waals surface area contributed by atoms with Crippen molar-refractivity contribution in [3.63, 3.8) is 0 Å². The molecule has 0 spiro atoms. The summed E-state index contributed by atoms with van der Waals surface area (Å²) in [6, 6.07) is 14.6. The lowest BCUT2D eigenvalue weighted by Gasteiger charge is -2.12. The third kappa shape index (κ3) is 5.72. The Morgan fingerprint density at radius 2 is 1.90 bits per heavy atom. The lowest BCUT2D eigenvalue weighted by Crippen LogP contribution is -2.28. The van der Waals surface area contributed by atoms with E-state index in [0.717, 1.165) is 16.9 Å². The number of hydrogen-bond acceptors (Lipinski definition) is 6.